The Labute approximate surface area is 135 Å². The highest BCUT2D eigenvalue weighted by Crippen LogP contribution is 2.20. The fourth-order valence-corrected chi connectivity index (χ4v) is 4.32. The summed E-state index contributed by atoms with van der Waals surface area (Å²) in [5.74, 6) is 0.648. The van der Waals surface area contributed by atoms with E-state index >= 15 is 0 Å². The van der Waals surface area contributed by atoms with Gasteiger partial charge in [-0.05, 0) is 43.1 Å². The molecule has 1 aliphatic rings. The summed E-state index contributed by atoms with van der Waals surface area (Å²) < 4.78 is 25.6. The smallest absolute Gasteiger partial charge is 0.179 e. The van der Waals surface area contributed by atoms with Crippen LogP contribution in [0.1, 0.15) is 19.8 Å². The van der Waals surface area contributed by atoms with Crippen molar-refractivity contribution < 1.29 is 8.42 Å². The van der Waals surface area contributed by atoms with Gasteiger partial charge in [0.2, 0.25) is 0 Å². The second kappa shape index (κ2) is 7.22. The second-order valence-electron chi connectivity index (χ2n) is 5.69. The fraction of sp³-hybridized carbons (Fsp3) is 0.600. The lowest BCUT2D eigenvalue weighted by Gasteiger charge is -2.36. The van der Waals surface area contributed by atoms with E-state index < -0.39 is 9.84 Å². The van der Waals surface area contributed by atoms with Crippen molar-refractivity contribution in [3.63, 3.8) is 0 Å². The van der Waals surface area contributed by atoms with Gasteiger partial charge in [-0.2, -0.15) is 0 Å². The van der Waals surface area contributed by atoms with E-state index in [9.17, 15) is 8.42 Å². The Bertz CT molecular complexity index is 560. The molecule has 1 saturated heterocycles. The van der Waals surface area contributed by atoms with Crippen LogP contribution in [-0.2, 0) is 9.84 Å². The van der Waals surface area contributed by atoms with Gasteiger partial charge in [-0.3, -0.25) is 0 Å². The van der Waals surface area contributed by atoms with E-state index in [4.69, 9.17) is 5.73 Å². The first-order chi connectivity index (χ1) is 9.92. The molecule has 0 amide bonds. The van der Waals surface area contributed by atoms with Gasteiger partial charge in [-0.1, -0.05) is 29.3 Å². The first-order valence-electron chi connectivity index (χ1n) is 7.38. The molecule has 0 saturated carbocycles. The third-order valence-electron chi connectivity index (χ3n) is 4.25. The van der Waals surface area contributed by atoms with E-state index in [-0.39, 0.29) is 11.8 Å². The SMILES string of the molecule is CCC1CN(CCS(=O)(=O)c2ccc(Br)cc2)CCC1N. The van der Waals surface area contributed by atoms with Crippen molar-refractivity contribution in [3.05, 3.63) is 28.7 Å². The summed E-state index contributed by atoms with van der Waals surface area (Å²) in [6, 6.07) is 7.09. The van der Waals surface area contributed by atoms with Gasteiger partial charge in [0.05, 0.1) is 10.6 Å². The number of benzene rings is 1. The molecule has 0 aliphatic carbocycles. The van der Waals surface area contributed by atoms with Crippen LogP contribution < -0.4 is 5.73 Å². The Balaban J connectivity index is 1.94. The summed E-state index contributed by atoms with van der Waals surface area (Å²) in [6.07, 6.45) is 2.01. The largest absolute Gasteiger partial charge is 0.327 e. The topological polar surface area (TPSA) is 63.4 Å². The van der Waals surface area contributed by atoms with Crippen LogP contribution in [0.25, 0.3) is 0 Å². The fourth-order valence-electron chi connectivity index (χ4n) is 2.77. The van der Waals surface area contributed by atoms with E-state index in [1.54, 1.807) is 24.3 Å². The number of halogens is 1. The van der Waals surface area contributed by atoms with Crippen LogP contribution in [0.3, 0.4) is 0 Å². The number of rotatable bonds is 5. The van der Waals surface area contributed by atoms with Crippen molar-refractivity contribution in [2.45, 2.75) is 30.7 Å². The molecule has 118 valence electrons. The Kier molecular flexibility index (Phi) is 5.82. The summed E-state index contributed by atoms with van der Waals surface area (Å²) in [6.45, 7) is 4.54. The summed E-state index contributed by atoms with van der Waals surface area (Å²) in [7, 11) is -3.21. The molecule has 2 rings (SSSR count). The lowest BCUT2D eigenvalue weighted by molar-refractivity contribution is 0.159. The zero-order chi connectivity index (χ0) is 15.5. The number of hydrogen-bond acceptors (Lipinski definition) is 4. The Morgan fingerprint density at radius 3 is 2.62 bits per heavy atom. The van der Waals surface area contributed by atoms with E-state index in [1.165, 1.54) is 0 Å². The molecule has 2 unspecified atom stereocenters. The van der Waals surface area contributed by atoms with Crippen molar-refractivity contribution in [2.75, 3.05) is 25.4 Å². The molecule has 1 aliphatic heterocycles. The Hall–Kier alpha value is -0.430. The Morgan fingerprint density at radius 1 is 1.33 bits per heavy atom. The minimum Gasteiger partial charge on any atom is -0.327 e. The molecule has 1 aromatic carbocycles. The number of piperidine rings is 1. The van der Waals surface area contributed by atoms with E-state index in [2.05, 4.69) is 27.8 Å². The molecule has 4 nitrogen and oxygen atoms in total. The standard InChI is InChI=1S/C15H23BrN2O2S/c1-2-12-11-18(8-7-15(12)17)9-10-21(19,20)14-5-3-13(16)4-6-14/h3-6,12,15H,2,7-11,17H2,1H3. The maximum atomic E-state index is 12.3. The number of nitrogens with zero attached hydrogens (tertiary/aromatic N) is 1. The molecule has 0 bridgehead atoms. The molecule has 0 spiro atoms. The van der Waals surface area contributed by atoms with Crippen molar-refractivity contribution in [3.8, 4) is 0 Å². The number of nitrogens with two attached hydrogens (primary N) is 1. The predicted octanol–water partition coefficient (Wildman–Crippen LogP) is 2.28. The third-order valence-corrected chi connectivity index (χ3v) is 6.49. The summed E-state index contributed by atoms with van der Waals surface area (Å²) in [5.41, 5.74) is 6.09. The zero-order valence-electron chi connectivity index (χ0n) is 12.3. The normalized spacial score (nSPS) is 24.1. The first-order valence-corrected chi connectivity index (χ1v) is 9.83. The minimum absolute atomic E-state index is 0.167. The van der Waals surface area contributed by atoms with E-state index in [0.717, 1.165) is 30.4 Å². The van der Waals surface area contributed by atoms with Crippen molar-refractivity contribution >= 4 is 25.8 Å². The summed E-state index contributed by atoms with van der Waals surface area (Å²) in [4.78, 5) is 2.62. The highest BCUT2D eigenvalue weighted by atomic mass is 79.9. The Morgan fingerprint density at radius 2 is 2.00 bits per heavy atom. The molecule has 1 heterocycles. The molecular weight excluding hydrogens is 352 g/mol. The van der Waals surface area contributed by atoms with Crippen molar-refractivity contribution in [1.29, 1.82) is 0 Å². The molecule has 1 fully saturated rings. The van der Waals surface area contributed by atoms with Crippen LogP contribution in [0.5, 0.6) is 0 Å². The van der Waals surface area contributed by atoms with Crippen LogP contribution in [0.2, 0.25) is 0 Å². The molecule has 0 radical (unpaired) electrons. The van der Waals surface area contributed by atoms with Gasteiger partial charge in [-0.15, -0.1) is 0 Å². The van der Waals surface area contributed by atoms with Gasteiger partial charge in [0, 0.05) is 23.6 Å². The number of sulfone groups is 1. The average molecular weight is 375 g/mol. The molecule has 1 aromatic rings. The zero-order valence-corrected chi connectivity index (χ0v) is 14.7. The molecule has 2 N–H and O–H groups in total. The maximum Gasteiger partial charge on any atom is 0.179 e. The van der Waals surface area contributed by atoms with Gasteiger partial charge in [0.25, 0.3) is 0 Å². The van der Waals surface area contributed by atoms with Crippen LogP contribution in [-0.4, -0.2) is 44.7 Å². The van der Waals surface area contributed by atoms with Gasteiger partial charge >= 0.3 is 0 Å². The molecule has 0 aromatic heterocycles. The monoisotopic (exact) mass is 374 g/mol. The molecule has 2 atom stereocenters. The minimum atomic E-state index is -3.21. The third kappa shape index (κ3) is 4.52. The van der Waals surface area contributed by atoms with Gasteiger partial charge in [0.15, 0.2) is 9.84 Å². The molecular formula is C15H23BrN2O2S. The van der Waals surface area contributed by atoms with Crippen LogP contribution in [0.15, 0.2) is 33.6 Å². The van der Waals surface area contributed by atoms with E-state index in [0.29, 0.717) is 17.4 Å². The van der Waals surface area contributed by atoms with Crippen LogP contribution in [0, 0.1) is 5.92 Å². The summed E-state index contributed by atoms with van der Waals surface area (Å²) in [5, 5.41) is 0. The highest BCUT2D eigenvalue weighted by molar-refractivity contribution is 9.10. The highest BCUT2D eigenvalue weighted by Gasteiger charge is 2.26. The quantitative estimate of drug-likeness (QED) is 0.858. The molecule has 6 heteroatoms. The van der Waals surface area contributed by atoms with Crippen molar-refractivity contribution in [1.82, 2.24) is 4.90 Å². The maximum absolute atomic E-state index is 12.3. The average Bonchev–Trinajstić information content (AvgIpc) is 2.47. The predicted molar refractivity (Wildman–Crippen MR) is 89.0 cm³/mol. The number of hydrogen-bond donors (Lipinski definition) is 1. The van der Waals surface area contributed by atoms with Gasteiger partial charge in [0.1, 0.15) is 0 Å². The number of likely N-dealkylation sites (tertiary alicyclic amines) is 1. The summed E-state index contributed by atoms with van der Waals surface area (Å²) >= 11 is 3.32. The van der Waals surface area contributed by atoms with Crippen LogP contribution >= 0.6 is 15.9 Å². The van der Waals surface area contributed by atoms with Crippen LogP contribution in [0.4, 0.5) is 0 Å². The lowest BCUT2D eigenvalue weighted by Crippen LogP contribution is -2.47. The second-order valence-corrected chi connectivity index (χ2v) is 8.72. The first kappa shape index (κ1) is 16.9. The van der Waals surface area contributed by atoms with Gasteiger partial charge in [-0.25, -0.2) is 8.42 Å². The lowest BCUT2D eigenvalue weighted by atomic mass is 9.91. The van der Waals surface area contributed by atoms with E-state index in [1.807, 2.05) is 0 Å². The van der Waals surface area contributed by atoms with Gasteiger partial charge < -0.3 is 10.6 Å². The molecule has 21 heavy (non-hydrogen) atoms. The van der Waals surface area contributed by atoms with Crippen molar-refractivity contribution in [2.24, 2.45) is 11.7 Å².